The summed E-state index contributed by atoms with van der Waals surface area (Å²) in [5, 5.41) is -0.360. The lowest BCUT2D eigenvalue weighted by Crippen LogP contribution is -2.45. The van der Waals surface area contributed by atoms with E-state index >= 15 is 0 Å². The highest BCUT2D eigenvalue weighted by molar-refractivity contribution is 7.99. The van der Waals surface area contributed by atoms with Crippen molar-refractivity contribution in [1.82, 2.24) is 4.90 Å². The Kier molecular flexibility index (Phi) is 3.27. The van der Waals surface area contributed by atoms with Crippen molar-refractivity contribution in [2.24, 2.45) is 0 Å². The molecule has 1 amide bonds. The molecule has 0 spiro atoms. The van der Waals surface area contributed by atoms with Gasteiger partial charge in [0.05, 0.1) is 0 Å². The van der Waals surface area contributed by atoms with E-state index in [-0.39, 0.29) is 11.3 Å². The fourth-order valence-electron chi connectivity index (χ4n) is 1.96. The first-order chi connectivity index (χ1) is 6.70. The molecule has 1 saturated carbocycles. The van der Waals surface area contributed by atoms with Crippen molar-refractivity contribution in [3.8, 4) is 0 Å². The number of nitrogens with zero attached hydrogens (tertiary/aromatic N) is 1. The van der Waals surface area contributed by atoms with E-state index in [1.807, 2.05) is 11.8 Å². The number of rotatable bonds is 3. The topological polar surface area (TPSA) is 20.3 Å². The third-order valence-corrected chi connectivity index (χ3v) is 4.17. The number of amides is 1. The highest BCUT2D eigenvalue weighted by Gasteiger charge is 2.39. The molecule has 2 atom stereocenters. The van der Waals surface area contributed by atoms with E-state index in [1.165, 1.54) is 18.6 Å². The SMILES string of the molecule is C[C@H](Cl)C(=O)N(C1CC1)[C@@H]1CCSC1. The standard InChI is InChI=1S/C10H16ClNOS/c1-7(11)10(13)12(8-2-3-8)9-4-5-14-6-9/h7-9H,2-6H2,1H3/t7-,9+/m0/s1. The molecule has 4 heteroatoms. The second-order valence-electron chi connectivity index (χ2n) is 4.11. The van der Waals surface area contributed by atoms with Crippen molar-refractivity contribution >= 4 is 29.3 Å². The molecule has 0 bridgehead atoms. The van der Waals surface area contributed by atoms with Crippen LogP contribution in [-0.4, -0.2) is 39.8 Å². The minimum atomic E-state index is -0.360. The van der Waals surface area contributed by atoms with Crippen molar-refractivity contribution in [2.45, 2.75) is 43.6 Å². The van der Waals surface area contributed by atoms with Gasteiger partial charge in [-0.3, -0.25) is 4.79 Å². The van der Waals surface area contributed by atoms with Gasteiger partial charge in [-0.1, -0.05) is 0 Å². The van der Waals surface area contributed by atoms with E-state index in [0.29, 0.717) is 12.1 Å². The molecule has 0 N–H and O–H groups in total. The summed E-state index contributed by atoms with van der Waals surface area (Å²) in [5.41, 5.74) is 0. The Morgan fingerprint density at radius 1 is 1.43 bits per heavy atom. The molecule has 1 aliphatic heterocycles. The normalized spacial score (nSPS) is 28.9. The van der Waals surface area contributed by atoms with Crippen LogP contribution in [0.15, 0.2) is 0 Å². The van der Waals surface area contributed by atoms with Crippen LogP contribution < -0.4 is 0 Å². The van der Waals surface area contributed by atoms with E-state index in [9.17, 15) is 4.79 Å². The predicted octanol–water partition coefficient (Wildman–Crippen LogP) is 2.11. The van der Waals surface area contributed by atoms with Crippen LogP contribution >= 0.6 is 23.4 Å². The van der Waals surface area contributed by atoms with Gasteiger partial charge in [-0.2, -0.15) is 11.8 Å². The molecule has 2 nitrogen and oxygen atoms in total. The monoisotopic (exact) mass is 233 g/mol. The van der Waals surface area contributed by atoms with E-state index < -0.39 is 0 Å². The Morgan fingerprint density at radius 2 is 2.14 bits per heavy atom. The van der Waals surface area contributed by atoms with Crippen molar-refractivity contribution in [1.29, 1.82) is 0 Å². The molecule has 1 heterocycles. The lowest BCUT2D eigenvalue weighted by atomic mass is 10.2. The molecule has 80 valence electrons. The molecular weight excluding hydrogens is 218 g/mol. The van der Waals surface area contributed by atoms with Gasteiger partial charge in [-0.15, -0.1) is 11.6 Å². The molecule has 14 heavy (non-hydrogen) atoms. The second kappa shape index (κ2) is 4.31. The van der Waals surface area contributed by atoms with Gasteiger partial charge in [-0.05, 0) is 31.9 Å². The molecule has 0 radical (unpaired) electrons. The highest BCUT2D eigenvalue weighted by Crippen LogP contribution is 2.34. The quantitative estimate of drug-likeness (QED) is 0.696. The number of hydrogen-bond acceptors (Lipinski definition) is 2. The van der Waals surface area contributed by atoms with Gasteiger partial charge in [0, 0.05) is 17.8 Å². The van der Waals surface area contributed by atoms with Gasteiger partial charge in [0.15, 0.2) is 0 Å². The Hall–Kier alpha value is 0.110. The minimum absolute atomic E-state index is 0.140. The van der Waals surface area contributed by atoms with Crippen molar-refractivity contribution in [3.63, 3.8) is 0 Å². The van der Waals surface area contributed by atoms with E-state index in [1.54, 1.807) is 6.92 Å². The molecule has 2 rings (SSSR count). The first kappa shape index (κ1) is 10.6. The van der Waals surface area contributed by atoms with Gasteiger partial charge < -0.3 is 4.90 Å². The lowest BCUT2D eigenvalue weighted by Gasteiger charge is -2.29. The average molecular weight is 234 g/mol. The van der Waals surface area contributed by atoms with Crippen LogP contribution in [0.5, 0.6) is 0 Å². The Balaban J connectivity index is 2.02. The zero-order valence-electron chi connectivity index (χ0n) is 8.41. The molecule has 0 aromatic heterocycles. The summed E-state index contributed by atoms with van der Waals surface area (Å²) in [6.45, 7) is 1.78. The number of thioether (sulfide) groups is 1. The number of carbonyl (C=O) groups excluding carboxylic acids is 1. The minimum Gasteiger partial charge on any atom is -0.335 e. The maximum Gasteiger partial charge on any atom is 0.240 e. The predicted molar refractivity (Wildman–Crippen MR) is 60.9 cm³/mol. The second-order valence-corrected chi connectivity index (χ2v) is 5.91. The number of halogens is 1. The Labute approximate surface area is 94.4 Å². The van der Waals surface area contributed by atoms with Crippen LogP contribution in [0.2, 0.25) is 0 Å². The Morgan fingerprint density at radius 3 is 2.57 bits per heavy atom. The fourth-order valence-corrected chi connectivity index (χ4v) is 3.28. The molecular formula is C10H16ClNOS. The van der Waals surface area contributed by atoms with Crippen molar-refractivity contribution in [3.05, 3.63) is 0 Å². The molecule has 0 aromatic rings. The van der Waals surface area contributed by atoms with Crippen molar-refractivity contribution < 1.29 is 4.79 Å². The zero-order chi connectivity index (χ0) is 10.1. The highest BCUT2D eigenvalue weighted by atomic mass is 35.5. The van der Waals surface area contributed by atoms with Crippen LogP contribution in [0.1, 0.15) is 26.2 Å². The number of carbonyl (C=O) groups is 1. The summed E-state index contributed by atoms with van der Waals surface area (Å²) in [6.07, 6.45) is 3.50. The average Bonchev–Trinajstić information content (AvgIpc) is 2.81. The summed E-state index contributed by atoms with van der Waals surface area (Å²) >= 11 is 7.82. The summed E-state index contributed by atoms with van der Waals surface area (Å²) < 4.78 is 0. The molecule has 0 aromatic carbocycles. The fraction of sp³-hybridized carbons (Fsp3) is 0.900. The van der Waals surface area contributed by atoms with Gasteiger partial charge in [0.2, 0.25) is 5.91 Å². The molecule has 2 fully saturated rings. The molecule has 1 saturated heterocycles. The maximum absolute atomic E-state index is 11.9. The van der Waals surface area contributed by atoms with Crippen molar-refractivity contribution in [2.75, 3.05) is 11.5 Å². The Bertz CT molecular complexity index is 224. The summed E-state index contributed by atoms with van der Waals surface area (Å²) in [4.78, 5) is 14.0. The molecule has 0 unspecified atom stereocenters. The van der Waals surface area contributed by atoms with Crippen LogP contribution in [0.3, 0.4) is 0 Å². The van der Waals surface area contributed by atoms with Crippen LogP contribution in [-0.2, 0) is 4.79 Å². The van der Waals surface area contributed by atoms with Crippen LogP contribution in [0.25, 0.3) is 0 Å². The first-order valence-corrected chi connectivity index (χ1v) is 6.83. The summed E-state index contributed by atoms with van der Waals surface area (Å²) in [7, 11) is 0. The van der Waals surface area contributed by atoms with E-state index in [2.05, 4.69) is 4.90 Å². The van der Waals surface area contributed by atoms with Gasteiger partial charge in [0.25, 0.3) is 0 Å². The largest absolute Gasteiger partial charge is 0.335 e. The molecule has 1 aliphatic carbocycles. The zero-order valence-corrected chi connectivity index (χ0v) is 9.98. The van der Waals surface area contributed by atoms with Crippen LogP contribution in [0, 0.1) is 0 Å². The molecule has 2 aliphatic rings. The third-order valence-electron chi connectivity index (χ3n) is 2.83. The lowest BCUT2D eigenvalue weighted by molar-refractivity contribution is -0.133. The number of alkyl halides is 1. The van der Waals surface area contributed by atoms with Gasteiger partial charge in [-0.25, -0.2) is 0 Å². The van der Waals surface area contributed by atoms with Gasteiger partial charge >= 0.3 is 0 Å². The first-order valence-electron chi connectivity index (χ1n) is 5.24. The van der Waals surface area contributed by atoms with Gasteiger partial charge in [0.1, 0.15) is 5.38 Å². The summed E-state index contributed by atoms with van der Waals surface area (Å²) in [5.74, 6) is 2.44. The van der Waals surface area contributed by atoms with E-state index in [0.717, 1.165) is 12.2 Å². The summed E-state index contributed by atoms with van der Waals surface area (Å²) in [6, 6.07) is 0.966. The van der Waals surface area contributed by atoms with E-state index in [4.69, 9.17) is 11.6 Å². The maximum atomic E-state index is 11.9. The smallest absolute Gasteiger partial charge is 0.240 e. The number of hydrogen-bond donors (Lipinski definition) is 0. The third kappa shape index (κ3) is 2.19. The van der Waals surface area contributed by atoms with Crippen LogP contribution in [0.4, 0.5) is 0 Å².